The molecule has 0 spiro atoms. The molecule has 3 fully saturated rings. The van der Waals surface area contributed by atoms with Gasteiger partial charge in [0, 0.05) is 24.7 Å². The molecule has 110 valence electrons. The van der Waals surface area contributed by atoms with Crippen LogP contribution in [0.5, 0.6) is 0 Å². The van der Waals surface area contributed by atoms with Crippen molar-refractivity contribution in [3.05, 3.63) is 0 Å². The van der Waals surface area contributed by atoms with E-state index in [1.54, 1.807) is 0 Å². The van der Waals surface area contributed by atoms with Gasteiger partial charge in [-0.15, -0.1) is 0 Å². The monoisotopic (exact) mass is 264 g/mol. The van der Waals surface area contributed by atoms with Crippen LogP contribution in [-0.4, -0.2) is 36.1 Å². The number of hydrogen-bond donors (Lipinski definition) is 1. The molecule has 1 aliphatic heterocycles. The van der Waals surface area contributed by atoms with E-state index in [-0.39, 0.29) is 0 Å². The predicted octanol–water partition coefficient (Wildman–Crippen LogP) is 3.28. The van der Waals surface area contributed by atoms with Crippen molar-refractivity contribution < 1.29 is 0 Å². The Hall–Kier alpha value is -0.0800. The molecule has 2 saturated carbocycles. The zero-order chi connectivity index (χ0) is 13.7. The van der Waals surface area contributed by atoms with E-state index in [0.29, 0.717) is 17.0 Å². The molecule has 0 aromatic heterocycles. The van der Waals surface area contributed by atoms with Gasteiger partial charge < -0.3 is 5.32 Å². The van der Waals surface area contributed by atoms with Crippen LogP contribution in [0.2, 0.25) is 0 Å². The Morgan fingerprint density at radius 3 is 2.37 bits per heavy atom. The van der Waals surface area contributed by atoms with Crippen molar-refractivity contribution in [2.24, 2.45) is 17.3 Å². The summed E-state index contributed by atoms with van der Waals surface area (Å²) in [4.78, 5) is 2.83. The fraction of sp³-hybridized carbons (Fsp3) is 1.00. The van der Waals surface area contributed by atoms with Crippen molar-refractivity contribution in [2.45, 2.75) is 71.4 Å². The third-order valence-corrected chi connectivity index (χ3v) is 5.67. The summed E-state index contributed by atoms with van der Waals surface area (Å²) in [7, 11) is 0. The molecule has 1 N–H and O–H groups in total. The van der Waals surface area contributed by atoms with Gasteiger partial charge in [0.2, 0.25) is 0 Å². The minimum Gasteiger partial charge on any atom is -0.308 e. The number of hydrogen-bond acceptors (Lipinski definition) is 2. The van der Waals surface area contributed by atoms with Gasteiger partial charge in [-0.2, -0.15) is 0 Å². The lowest BCUT2D eigenvalue weighted by molar-refractivity contribution is 0.0187. The molecular weight excluding hydrogens is 232 g/mol. The summed E-state index contributed by atoms with van der Waals surface area (Å²) >= 11 is 0. The van der Waals surface area contributed by atoms with Gasteiger partial charge in [-0.3, -0.25) is 4.90 Å². The van der Waals surface area contributed by atoms with Gasteiger partial charge in [-0.1, -0.05) is 33.6 Å². The predicted molar refractivity (Wildman–Crippen MR) is 81.3 cm³/mol. The van der Waals surface area contributed by atoms with Gasteiger partial charge in [0.1, 0.15) is 0 Å². The average Bonchev–Trinajstić information content (AvgIpc) is 3.14. The van der Waals surface area contributed by atoms with E-state index >= 15 is 0 Å². The van der Waals surface area contributed by atoms with E-state index in [1.165, 1.54) is 51.7 Å². The van der Waals surface area contributed by atoms with Crippen molar-refractivity contribution in [1.82, 2.24) is 10.2 Å². The van der Waals surface area contributed by atoms with Gasteiger partial charge in [0.25, 0.3) is 0 Å². The number of nitrogens with zero attached hydrogens (tertiary/aromatic N) is 1. The molecular formula is C17H32N2. The molecule has 1 heterocycles. The molecule has 19 heavy (non-hydrogen) atoms. The molecule has 2 unspecified atom stereocenters. The third-order valence-electron chi connectivity index (χ3n) is 5.67. The largest absolute Gasteiger partial charge is 0.308 e. The standard InChI is InChI=1S/C17H32N2/c1-16(2,3)15-11-18-17(4,14-7-8-14)12-19(15)10-9-13-5-6-13/h13-15,18H,5-12H2,1-4H3. The molecule has 2 nitrogen and oxygen atoms in total. The summed E-state index contributed by atoms with van der Waals surface area (Å²) in [6.07, 6.45) is 7.31. The summed E-state index contributed by atoms with van der Waals surface area (Å²) in [6, 6.07) is 0.707. The van der Waals surface area contributed by atoms with Crippen LogP contribution in [0, 0.1) is 17.3 Å². The second-order valence-electron chi connectivity index (χ2n) is 8.66. The molecule has 0 aromatic carbocycles. The highest BCUT2D eigenvalue weighted by molar-refractivity contribution is 5.05. The Morgan fingerprint density at radius 2 is 1.84 bits per heavy atom. The van der Waals surface area contributed by atoms with E-state index in [2.05, 4.69) is 37.9 Å². The van der Waals surface area contributed by atoms with Gasteiger partial charge in [0.15, 0.2) is 0 Å². The van der Waals surface area contributed by atoms with Crippen molar-refractivity contribution in [1.29, 1.82) is 0 Å². The van der Waals surface area contributed by atoms with E-state index in [0.717, 1.165) is 11.8 Å². The van der Waals surface area contributed by atoms with Gasteiger partial charge in [-0.05, 0) is 50.0 Å². The molecule has 0 bridgehead atoms. The topological polar surface area (TPSA) is 15.3 Å². The maximum Gasteiger partial charge on any atom is 0.0309 e. The van der Waals surface area contributed by atoms with E-state index < -0.39 is 0 Å². The first-order chi connectivity index (χ1) is 8.88. The zero-order valence-electron chi connectivity index (χ0n) is 13.3. The second kappa shape index (κ2) is 4.73. The number of nitrogens with one attached hydrogen (secondary N) is 1. The van der Waals surface area contributed by atoms with Crippen LogP contribution in [0.1, 0.15) is 59.8 Å². The molecule has 0 radical (unpaired) electrons. The van der Waals surface area contributed by atoms with Crippen molar-refractivity contribution in [3.8, 4) is 0 Å². The van der Waals surface area contributed by atoms with Crippen LogP contribution >= 0.6 is 0 Å². The fourth-order valence-corrected chi connectivity index (χ4v) is 3.88. The molecule has 3 rings (SSSR count). The van der Waals surface area contributed by atoms with Gasteiger partial charge >= 0.3 is 0 Å². The first kappa shape index (κ1) is 13.9. The van der Waals surface area contributed by atoms with Crippen LogP contribution < -0.4 is 5.32 Å². The highest BCUT2D eigenvalue weighted by Crippen LogP contribution is 2.43. The van der Waals surface area contributed by atoms with Crippen molar-refractivity contribution in [2.75, 3.05) is 19.6 Å². The summed E-state index contributed by atoms with van der Waals surface area (Å²) in [5, 5.41) is 3.91. The minimum absolute atomic E-state index is 0.390. The summed E-state index contributed by atoms with van der Waals surface area (Å²) in [5.41, 5.74) is 0.784. The Kier molecular flexibility index (Phi) is 3.46. The molecule has 2 heteroatoms. The second-order valence-corrected chi connectivity index (χ2v) is 8.66. The molecule has 0 amide bonds. The van der Waals surface area contributed by atoms with E-state index in [9.17, 15) is 0 Å². The number of piperazine rings is 1. The lowest BCUT2D eigenvalue weighted by Gasteiger charge is -2.51. The lowest BCUT2D eigenvalue weighted by atomic mass is 9.80. The highest BCUT2D eigenvalue weighted by Gasteiger charge is 2.47. The normalized spacial score (nSPS) is 37.6. The Labute approximate surface area is 119 Å². The molecule has 2 atom stereocenters. The Balaban J connectivity index is 1.66. The van der Waals surface area contributed by atoms with E-state index in [4.69, 9.17) is 0 Å². The maximum atomic E-state index is 3.91. The van der Waals surface area contributed by atoms with Crippen LogP contribution in [0.25, 0.3) is 0 Å². The minimum atomic E-state index is 0.390. The summed E-state index contributed by atoms with van der Waals surface area (Å²) in [5.74, 6) is 2.00. The van der Waals surface area contributed by atoms with Crippen LogP contribution in [0.4, 0.5) is 0 Å². The average molecular weight is 264 g/mol. The van der Waals surface area contributed by atoms with Crippen LogP contribution in [0.3, 0.4) is 0 Å². The van der Waals surface area contributed by atoms with Crippen LogP contribution in [-0.2, 0) is 0 Å². The Morgan fingerprint density at radius 1 is 1.16 bits per heavy atom. The summed E-state index contributed by atoms with van der Waals surface area (Å²) < 4.78 is 0. The first-order valence-electron chi connectivity index (χ1n) is 8.37. The third kappa shape index (κ3) is 3.16. The van der Waals surface area contributed by atoms with Gasteiger partial charge in [-0.25, -0.2) is 0 Å². The first-order valence-corrected chi connectivity index (χ1v) is 8.37. The molecule has 1 saturated heterocycles. The zero-order valence-corrected chi connectivity index (χ0v) is 13.3. The van der Waals surface area contributed by atoms with E-state index in [1.807, 2.05) is 0 Å². The van der Waals surface area contributed by atoms with Crippen LogP contribution in [0.15, 0.2) is 0 Å². The molecule has 0 aromatic rings. The SMILES string of the molecule is CC(C)(C)C1CNC(C)(C2CC2)CN1CCC1CC1. The summed E-state index contributed by atoms with van der Waals surface area (Å²) in [6.45, 7) is 13.5. The van der Waals surface area contributed by atoms with Crippen molar-refractivity contribution >= 4 is 0 Å². The lowest BCUT2D eigenvalue weighted by Crippen LogP contribution is -2.66. The maximum absolute atomic E-state index is 3.91. The van der Waals surface area contributed by atoms with Gasteiger partial charge in [0.05, 0.1) is 0 Å². The quantitative estimate of drug-likeness (QED) is 0.838. The van der Waals surface area contributed by atoms with Crippen molar-refractivity contribution in [3.63, 3.8) is 0 Å². The highest BCUT2D eigenvalue weighted by atomic mass is 15.3. The fourth-order valence-electron chi connectivity index (χ4n) is 3.88. The number of rotatable bonds is 4. The molecule has 3 aliphatic rings. The molecule has 2 aliphatic carbocycles. The Bertz CT molecular complexity index is 325. The smallest absolute Gasteiger partial charge is 0.0309 e.